The van der Waals surface area contributed by atoms with Crippen LogP contribution in [-0.2, 0) is 4.79 Å². The molecule has 0 heterocycles. The lowest BCUT2D eigenvalue weighted by molar-refractivity contribution is -0.138. The minimum atomic E-state index is -1.06. The molecule has 6 nitrogen and oxygen atoms in total. The van der Waals surface area contributed by atoms with Crippen LogP contribution in [0.4, 0.5) is 10.5 Å². The first-order chi connectivity index (χ1) is 9.65. The molecule has 1 aromatic rings. The summed E-state index contributed by atoms with van der Waals surface area (Å²) in [5.41, 5.74) is -0.0565. The third-order valence-electron chi connectivity index (χ3n) is 2.75. The molecule has 0 atom stereocenters. The number of rotatable bonds is 4. The van der Waals surface area contributed by atoms with Crippen LogP contribution in [0.15, 0.2) is 22.7 Å². The zero-order valence-electron chi connectivity index (χ0n) is 12.4. The Morgan fingerprint density at radius 3 is 2.43 bits per heavy atom. The van der Waals surface area contributed by atoms with Gasteiger partial charge in [-0.1, -0.05) is 0 Å². The van der Waals surface area contributed by atoms with E-state index >= 15 is 0 Å². The molecule has 2 amide bonds. The van der Waals surface area contributed by atoms with E-state index in [1.807, 2.05) is 0 Å². The second-order valence-electron chi connectivity index (χ2n) is 5.43. The van der Waals surface area contributed by atoms with Crippen molar-refractivity contribution in [2.45, 2.75) is 26.3 Å². The van der Waals surface area contributed by atoms with Crippen molar-refractivity contribution in [1.82, 2.24) is 4.90 Å². The molecule has 7 heteroatoms. The fraction of sp³-hybridized carbons (Fsp3) is 0.429. The van der Waals surface area contributed by atoms with E-state index in [1.54, 1.807) is 46.1 Å². The topological polar surface area (TPSA) is 78.9 Å². The average molecular weight is 359 g/mol. The van der Waals surface area contributed by atoms with Crippen LogP contribution in [0, 0.1) is 0 Å². The molecule has 0 fully saturated rings. The molecule has 0 aliphatic rings. The molecular weight excluding hydrogens is 340 g/mol. The summed E-state index contributed by atoms with van der Waals surface area (Å²) < 4.78 is 5.81. The molecule has 0 bridgehead atoms. The fourth-order valence-corrected chi connectivity index (χ4v) is 2.22. The Hall–Kier alpha value is -1.76. The molecule has 0 saturated heterocycles. The van der Waals surface area contributed by atoms with Crippen LogP contribution >= 0.6 is 15.9 Å². The van der Waals surface area contributed by atoms with Crippen molar-refractivity contribution in [3.8, 4) is 5.75 Å². The maximum atomic E-state index is 12.3. The fourth-order valence-electron chi connectivity index (χ4n) is 1.68. The predicted molar refractivity (Wildman–Crippen MR) is 83.8 cm³/mol. The van der Waals surface area contributed by atoms with Crippen LogP contribution < -0.4 is 10.1 Å². The third-order valence-corrected chi connectivity index (χ3v) is 3.37. The monoisotopic (exact) mass is 358 g/mol. The lowest BCUT2D eigenvalue weighted by Crippen LogP contribution is -2.50. The van der Waals surface area contributed by atoms with Gasteiger partial charge in [0.1, 0.15) is 12.3 Å². The SMILES string of the molecule is COc1ccc(NC(=O)N(CC(=O)O)C(C)(C)C)cc1Br. The van der Waals surface area contributed by atoms with E-state index in [4.69, 9.17) is 9.84 Å². The zero-order valence-corrected chi connectivity index (χ0v) is 14.0. The van der Waals surface area contributed by atoms with Crippen LogP contribution in [0.25, 0.3) is 0 Å². The molecule has 0 spiro atoms. The maximum Gasteiger partial charge on any atom is 0.323 e. The molecule has 116 valence electrons. The molecule has 0 aliphatic heterocycles. The first-order valence-electron chi connectivity index (χ1n) is 6.29. The van der Waals surface area contributed by atoms with Crippen LogP contribution in [-0.4, -0.2) is 41.2 Å². The minimum Gasteiger partial charge on any atom is -0.496 e. The molecule has 1 aromatic carbocycles. The van der Waals surface area contributed by atoms with Crippen molar-refractivity contribution < 1.29 is 19.4 Å². The first kappa shape index (κ1) is 17.3. The second-order valence-corrected chi connectivity index (χ2v) is 6.28. The highest BCUT2D eigenvalue weighted by atomic mass is 79.9. The molecule has 2 N–H and O–H groups in total. The zero-order chi connectivity index (χ0) is 16.2. The van der Waals surface area contributed by atoms with Gasteiger partial charge < -0.3 is 20.1 Å². The van der Waals surface area contributed by atoms with Gasteiger partial charge in [0.15, 0.2) is 0 Å². The van der Waals surface area contributed by atoms with Crippen LogP contribution in [0.5, 0.6) is 5.75 Å². The Bertz CT molecular complexity index is 540. The largest absolute Gasteiger partial charge is 0.496 e. The van der Waals surface area contributed by atoms with Gasteiger partial charge >= 0.3 is 12.0 Å². The molecular formula is C14H19BrN2O4. The number of aliphatic carboxylic acids is 1. The standard InChI is InChI=1S/C14H19BrN2O4/c1-14(2,3)17(8-12(18)19)13(20)16-9-5-6-11(21-4)10(15)7-9/h5-7H,8H2,1-4H3,(H,16,20)(H,18,19). The van der Waals surface area contributed by atoms with Gasteiger partial charge in [0.05, 0.1) is 11.6 Å². The summed E-state index contributed by atoms with van der Waals surface area (Å²) >= 11 is 3.33. The maximum absolute atomic E-state index is 12.3. The number of nitrogens with one attached hydrogen (secondary N) is 1. The van der Waals surface area contributed by atoms with E-state index in [9.17, 15) is 9.59 Å². The minimum absolute atomic E-state index is 0.368. The Morgan fingerprint density at radius 2 is 2.00 bits per heavy atom. The Morgan fingerprint density at radius 1 is 1.38 bits per heavy atom. The summed E-state index contributed by atoms with van der Waals surface area (Å²) in [7, 11) is 1.55. The van der Waals surface area contributed by atoms with Gasteiger partial charge in [-0.2, -0.15) is 0 Å². The number of carbonyl (C=O) groups is 2. The van der Waals surface area contributed by atoms with Gasteiger partial charge in [-0.05, 0) is 54.9 Å². The molecule has 0 saturated carbocycles. The van der Waals surface area contributed by atoms with Crippen molar-refractivity contribution in [1.29, 1.82) is 0 Å². The molecule has 1 rings (SSSR count). The Balaban J connectivity index is 2.91. The predicted octanol–water partition coefficient (Wildman–Crippen LogP) is 3.17. The quantitative estimate of drug-likeness (QED) is 0.866. The van der Waals surface area contributed by atoms with Crippen LogP contribution in [0.1, 0.15) is 20.8 Å². The van der Waals surface area contributed by atoms with Crippen molar-refractivity contribution >= 4 is 33.6 Å². The highest BCUT2D eigenvalue weighted by Gasteiger charge is 2.28. The number of ether oxygens (including phenoxy) is 1. The number of nitrogens with zero attached hydrogens (tertiary/aromatic N) is 1. The van der Waals surface area contributed by atoms with Gasteiger partial charge in [-0.25, -0.2) is 4.79 Å². The lowest BCUT2D eigenvalue weighted by Gasteiger charge is -2.34. The van der Waals surface area contributed by atoms with Gasteiger partial charge in [0.25, 0.3) is 0 Å². The van der Waals surface area contributed by atoms with E-state index < -0.39 is 17.5 Å². The second kappa shape index (κ2) is 6.80. The smallest absolute Gasteiger partial charge is 0.323 e. The van der Waals surface area contributed by atoms with Gasteiger partial charge in [0, 0.05) is 11.2 Å². The van der Waals surface area contributed by atoms with E-state index in [1.165, 1.54) is 4.90 Å². The third kappa shape index (κ3) is 4.93. The summed E-state index contributed by atoms with van der Waals surface area (Å²) in [5, 5.41) is 11.6. The number of halogens is 1. The van der Waals surface area contributed by atoms with E-state index in [-0.39, 0.29) is 6.54 Å². The van der Waals surface area contributed by atoms with Crippen LogP contribution in [0.3, 0.4) is 0 Å². The molecule has 0 aromatic heterocycles. The van der Waals surface area contributed by atoms with Gasteiger partial charge in [-0.3, -0.25) is 4.79 Å². The normalized spacial score (nSPS) is 10.9. The Labute approximate surface area is 132 Å². The summed E-state index contributed by atoms with van der Waals surface area (Å²) in [6.45, 7) is 4.96. The summed E-state index contributed by atoms with van der Waals surface area (Å²) in [4.78, 5) is 24.4. The molecule has 0 radical (unpaired) electrons. The number of hydrogen-bond donors (Lipinski definition) is 2. The van der Waals surface area contributed by atoms with Crippen molar-refractivity contribution in [2.24, 2.45) is 0 Å². The van der Waals surface area contributed by atoms with Crippen molar-refractivity contribution in [3.05, 3.63) is 22.7 Å². The van der Waals surface area contributed by atoms with E-state index in [0.29, 0.717) is 15.9 Å². The number of benzene rings is 1. The van der Waals surface area contributed by atoms with Gasteiger partial charge in [-0.15, -0.1) is 0 Å². The average Bonchev–Trinajstić information content (AvgIpc) is 2.34. The summed E-state index contributed by atoms with van der Waals surface area (Å²) in [6.07, 6.45) is 0. The number of methoxy groups -OCH3 is 1. The Kier molecular flexibility index (Phi) is 5.60. The van der Waals surface area contributed by atoms with Crippen molar-refractivity contribution in [3.63, 3.8) is 0 Å². The molecule has 0 aliphatic carbocycles. The van der Waals surface area contributed by atoms with E-state index in [2.05, 4.69) is 21.2 Å². The number of hydrogen-bond acceptors (Lipinski definition) is 3. The number of anilines is 1. The first-order valence-corrected chi connectivity index (χ1v) is 7.08. The lowest BCUT2D eigenvalue weighted by atomic mass is 10.1. The molecule has 21 heavy (non-hydrogen) atoms. The number of carboxylic acid groups (broad SMARTS) is 1. The summed E-state index contributed by atoms with van der Waals surface area (Å²) in [5.74, 6) is -0.415. The van der Waals surface area contributed by atoms with Crippen molar-refractivity contribution in [2.75, 3.05) is 19.0 Å². The summed E-state index contributed by atoms with van der Waals surface area (Å²) in [6, 6.07) is 4.61. The molecule has 0 unspecified atom stereocenters. The number of carboxylic acids is 1. The van der Waals surface area contributed by atoms with Gasteiger partial charge in [0.2, 0.25) is 0 Å². The van der Waals surface area contributed by atoms with Crippen LogP contribution in [0.2, 0.25) is 0 Å². The highest BCUT2D eigenvalue weighted by Crippen LogP contribution is 2.28. The van der Waals surface area contributed by atoms with E-state index in [0.717, 1.165) is 0 Å². The highest BCUT2D eigenvalue weighted by molar-refractivity contribution is 9.10. The number of urea groups is 1. The number of carbonyl (C=O) groups excluding carboxylic acids is 1. The number of amides is 2.